The molecule has 0 unspecified atom stereocenters. The first-order valence-electron chi connectivity index (χ1n) is 7.47. The van der Waals surface area contributed by atoms with E-state index in [-0.39, 0.29) is 0 Å². The molecule has 112 valence electrons. The summed E-state index contributed by atoms with van der Waals surface area (Å²) in [6.45, 7) is 9.51. The summed E-state index contributed by atoms with van der Waals surface area (Å²) in [5, 5.41) is 3.01. The van der Waals surface area contributed by atoms with E-state index >= 15 is 0 Å². The summed E-state index contributed by atoms with van der Waals surface area (Å²) >= 11 is 0. The van der Waals surface area contributed by atoms with Crippen molar-refractivity contribution in [3.05, 3.63) is 65.2 Å². The van der Waals surface area contributed by atoms with E-state index in [9.17, 15) is 0 Å². The number of fused-ring (bicyclic) bond motifs is 1. The predicted molar refractivity (Wildman–Crippen MR) is 90.0 cm³/mol. The van der Waals surface area contributed by atoms with Crippen LogP contribution in [0.25, 0.3) is 0 Å². The first-order valence-corrected chi connectivity index (χ1v) is 7.47. The van der Waals surface area contributed by atoms with Crippen molar-refractivity contribution in [3.8, 4) is 0 Å². The minimum atomic E-state index is 0.591. The average molecular weight is 292 g/mol. The van der Waals surface area contributed by atoms with E-state index in [1.54, 1.807) is 6.20 Å². The number of aryl methyl sites for hydroxylation is 1. The van der Waals surface area contributed by atoms with Crippen LogP contribution in [0.4, 0.5) is 11.8 Å². The SMILES string of the molecule is C=C=CNc1nc(C)c(C)c(N2CCc3ccccc3C2)n1. The van der Waals surface area contributed by atoms with Gasteiger partial charge in [-0.2, -0.15) is 4.98 Å². The molecule has 1 aromatic heterocycles. The molecule has 0 atom stereocenters. The van der Waals surface area contributed by atoms with Gasteiger partial charge in [-0.15, -0.1) is 5.73 Å². The molecule has 1 N–H and O–H groups in total. The van der Waals surface area contributed by atoms with Gasteiger partial charge in [0.05, 0.1) is 0 Å². The van der Waals surface area contributed by atoms with Crippen LogP contribution in [0.1, 0.15) is 22.4 Å². The lowest BCUT2D eigenvalue weighted by Gasteiger charge is -2.31. The van der Waals surface area contributed by atoms with Gasteiger partial charge in [0.25, 0.3) is 0 Å². The van der Waals surface area contributed by atoms with Crippen molar-refractivity contribution >= 4 is 11.8 Å². The average Bonchev–Trinajstić information content (AvgIpc) is 2.55. The van der Waals surface area contributed by atoms with Crippen LogP contribution >= 0.6 is 0 Å². The van der Waals surface area contributed by atoms with E-state index in [0.717, 1.165) is 36.6 Å². The number of aromatic nitrogens is 2. The predicted octanol–water partition coefficient (Wildman–Crippen LogP) is 3.37. The second-order valence-electron chi connectivity index (χ2n) is 5.51. The zero-order valence-electron chi connectivity index (χ0n) is 13.1. The van der Waals surface area contributed by atoms with Crippen molar-refractivity contribution in [2.24, 2.45) is 0 Å². The van der Waals surface area contributed by atoms with Crippen LogP contribution in [0.3, 0.4) is 0 Å². The normalized spacial score (nSPS) is 13.3. The highest BCUT2D eigenvalue weighted by Crippen LogP contribution is 2.27. The van der Waals surface area contributed by atoms with Gasteiger partial charge < -0.3 is 10.2 Å². The molecule has 4 nitrogen and oxygen atoms in total. The Morgan fingerprint density at radius 3 is 2.77 bits per heavy atom. The van der Waals surface area contributed by atoms with Gasteiger partial charge in [-0.1, -0.05) is 30.8 Å². The highest BCUT2D eigenvalue weighted by atomic mass is 15.2. The third-order valence-electron chi connectivity index (χ3n) is 4.10. The topological polar surface area (TPSA) is 41.1 Å². The summed E-state index contributed by atoms with van der Waals surface area (Å²) in [6, 6.07) is 8.62. The van der Waals surface area contributed by atoms with E-state index in [0.29, 0.717) is 5.95 Å². The van der Waals surface area contributed by atoms with Gasteiger partial charge in [0, 0.05) is 30.5 Å². The van der Waals surface area contributed by atoms with E-state index in [1.165, 1.54) is 11.1 Å². The van der Waals surface area contributed by atoms with Gasteiger partial charge >= 0.3 is 0 Å². The zero-order valence-corrected chi connectivity index (χ0v) is 13.1. The number of hydrogen-bond acceptors (Lipinski definition) is 4. The first-order chi connectivity index (χ1) is 10.7. The summed E-state index contributed by atoms with van der Waals surface area (Å²) in [7, 11) is 0. The van der Waals surface area contributed by atoms with Gasteiger partial charge in [-0.05, 0) is 31.4 Å². The Bertz CT molecular complexity index is 745. The molecule has 0 amide bonds. The number of nitrogens with one attached hydrogen (secondary N) is 1. The van der Waals surface area contributed by atoms with E-state index < -0.39 is 0 Å². The van der Waals surface area contributed by atoms with Crippen LogP contribution in [0.2, 0.25) is 0 Å². The number of anilines is 2. The molecule has 2 heterocycles. The smallest absolute Gasteiger partial charge is 0.229 e. The fourth-order valence-corrected chi connectivity index (χ4v) is 2.78. The number of rotatable bonds is 3. The van der Waals surface area contributed by atoms with E-state index in [1.807, 2.05) is 6.92 Å². The fraction of sp³-hybridized carbons (Fsp3) is 0.278. The molecule has 0 saturated carbocycles. The maximum Gasteiger partial charge on any atom is 0.229 e. The molecule has 0 fully saturated rings. The van der Waals surface area contributed by atoms with Crippen molar-refractivity contribution in [1.82, 2.24) is 9.97 Å². The van der Waals surface area contributed by atoms with Crippen molar-refractivity contribution in [3.63, 3.8) is 0 Å². The molecular weight excluding hydrogens is 272 g/mol. The molecule has 0 aliphatic carbocycles. The largest absolute Gasteiger partial charge is 0.352 e. The fourth-order valence-electron chi connectivity index (χ4n) is 2.78. The number of nitrogens with zero attached hydrogens (tertiary/aromatic N) is 3. The molecule has 22 heavy (non-hydrogen) atoms. The van der Waals surface area contributed by atoms with Gasteiger partial charge in [-0.25, -0.2) is 4.98 Å². The maximum absolute atomic E-state index is 4.67. The molecule has 4 heteroatoms. The van der Waals surface area contributed by atoms with Gasteiger partial charge in [0.2, 0.25) is 5.95 Å². The Balaban J connectivity index is 1.94. The van der Waals surface area contributed by atoms with Crippen LogP contribution < -0.4 is 10.2 Å². The first kappa shape index (κ1) is 14.4. The molecule has 0 radical (unpaired) electrons. The molecule has 0 saturated heterocycles. The Kier molecular flexibility index (Phi) is 3.94. The second-order valence-corrected chi connectivity index (χ2v) is 5.51. The lowest BCUT2D eigenvalue weighted by atomic mass is 9.99. The third-order valence-corrected chi connectivity index (χ3v) is 4.10. The highest BCUT2D eigenvalue weighted by molar-refractivity contribution is 5.54. The summed E-state index contributed by atoms with van der Waals surface area (Å²) in [6.07, 6.45) is 2.67. The second kappa shape index (κ2) is 6.04. The highest BCUT2D eigenvalue weighted by Gasteiger charge is 2.20. The van der Waals surface area contributed by atoms with Crippen LogP contribution in [0.15, 0.2) is 42.8 Å². The van der Waals surface area contributed by atoms with Crippen LogP contribution in [-0.2, 0) is 13.0 Å². The van der Waals surface area contributed by atoms with Gasteiger partial charge in [0.1, 0.15) is 5.82 Å². The zero-order chi connectivity index (χ0) is 15.5. The van der Waals surface area contributed by atoms with Crippen molar-refractivity contribution in [2.45, 2.75) is 26.8 Å². The van der Waals surface area contributed by atoms with Gasteiger partial charge in [-0.3, -0.25) is 0 Å². The molecular formula is C18H20N4. The molecule has 1 aliphatic rings. The summed E-state index contributed by atoms with van der Waals surface area (Å²) in [4.78, 5) is 11.5. The Morgan fingerprint density at radius 2 is 2.00 bits per heavy atom. The molecule has 1 aromatic carbocycles. The molecule has 0 bridgehead atoms. The van der Waals surface area contributed by atoms with Crippen molar-refractivity contribution < 1.29 is 0 Å². The van der Waals surface area contributed by atoms with Gasteiger partial charge in [0.15, 0.2) is 0 Å². The molecule has 0 spiro atoms. The summed E-state index contributed by atoms with van der Waals surface area (Å²) in [5.74, 6) is 1.59. The monoisotopic (exact) mass is 292 g/mol. The van der Waals surface area contributed by atoms with Crippen LogP contribution in [-0.4, -0.2) is 16.5 Å². The Labute approximate surface area is 131 Å². The standard InChI is InChI=1S/C18H20N4/c1-4-10-19-18-20-14(3)13(2)17(21-18)22-11-9-15-7-5-6-8-16(15)12-22/h5-8,10H,1,9,11-12H2,2-3H3,(H,19,20,21). The minimum absolute atomic E-state index is 0.591. The van der Waals surface area contributed by atoms with Crippen LogP contribution in [0, 0.1) is 13.8 Å². The summed E-state index contributed by atoms with van der Waals surface area (Å²) in [5.41, 5.74) is 7.62. The number of benzene rings is 1. The Hall–Kier alpha value is -2.58. The summed E-state index contributed by atoms with van der Waals surface area (Å²) < 4.78 is 0. The van der Waals surface area contributed by atoms with Crippen molar-refractivity contribution in [2.75, 3.05) is 16.8 Å². The molecule has 2 aromatic rings. The Morgan fingerprint density at radius 1 is 1.23 bits per heavy atom. The lowest BCUT2D eigenvalue weighted by Crippen LogP contribution is -2.32. The van der Waals surface area contributed by atoms with Crippen LogP contribution in [0.5, 0.6) is 0 Å². The van der Waals surface area contributed by atoms with E-state index in [2.05, 4.69) is 63.7 Å². The number of hydrogen-bond donors (Lipinski definition) is 1. The minimum Gasteiger partial charge on any atom is -0.352 e. The van der Waals surface area contributed by atoms with Crippen molar-refractivity contribution in [1.29, 1.82) is 0 Å². The third kappa shape index (κ3) is 2.74. The quantitative estimate of drug-likeness (QED) is 0.881. The lowest BCUT2D eigenvalue weighted by molar-refractivity contribution is 0.715. The maximum atomic E-state index is 4.67. The van der Waals surface area contributed by atoms with E-state index in [4.69, 9.17) is 0 Å². The molecule has 1 aliphatic heterocycles. The molecule has 3 rings (SSSR count).